The summed E-state index contributed by atoms with van der Waals surface area (Å²) in [5.41, 5.74) is 7.28. The molecule has 1 aliphatic rings. The summed E-state index contributed by atoms with van der Waals surface area (Å²) < 4.78 is 5.54. The van der Waals surface area contributed by atoms with Crippen LogP contribution in [0, 0.1) is 10.1 Å². The van der Waals surface area contributed by atoms with Crippen LogP contribution in [0.3, 0.4) is 0 Å². The Hall–Kier alpha value is -3.35. The van der Waals surface area contributed by atoms with Gasteiger partial charge in [-0.2, -0.15) is 0 Å². The van der Waals surface area contributed by atoms with Gasteiger partial charge >= 0.3 is 0 Å². The van der Waals surface area contributed by atoms with Gasteiger partial charge in [-0.3, -0.25) is 14.9 Å². The van der Waals surface area contributed by atoms with Gasteiger partial charge in [0, 0.05) is 17.8 Å². The summed E-state index contributed by atoms with van der Waals surface area (Å²) in [6.07, 6.45) is 1.51. The molecule has 0 aliphatic carbocycles. The van der Waals surface area contributed by atoms with Crippen molar-refractivity contribution in [2.45, 2.75) is 0 Å². The number of benzene rings is 2. The lowest BCUT2D eigenvalue weighted by atomic mass is 10.1. The molecule has 0 atom stereocenters. The zero-order chi connectivity index (χ0) is 15.7. The van der Waals surface area contributed by atoms with Gasteiger partial charge in [0.2, 0.25) is 0 Å². The maximum absolute atomic E-state index is 12.0. The van der Waals surface area contributed by atoms with Crippen LogP contribution in [-0.2, 0) is 4.79 Å². The third-order valence-corrected chi connectivity index (χ3v) is 3.10. The summed E-state index contributed by atoms with van der Waals surface area (Å²) in [5, 5.41) is 13.3. The van der Waals surface area contributed by atoms with E-state index in [1.807, 2.05) is 0 Å². The van der Waals surface area contributed by atoms with Crippen molar-refractivity contribution >= 4 is 29.0 Å². The van der Waals surface area contributed by atoms with Gasteiger partial charge < -0.3 is 15.8 Å². The number of non-ortho nitro benzene ring substituents is 1. The van der Waals surface area contributed by atoms with Gasteiger partial charge in [-0.05, 0) is 42.0 Å². The minimum Gasteiger partial charge on any atom is -0.449 e. The second-order valence-electron chi connectivity index (χ2n) is 4.67. The third kappa shape index (κ3) is 2.59. The molecule has 110 valence electrons. The van der Waals surface area contributed by atoms with Crippen molar-refractivity contribution in [1.29, 1.82) is 0 Å². The fraction of sp³-hybridized carbons (Fsp3) is 0. The number of nitrogens with two attached hydrogens (primary N) is 1. The molecule has 0 fully saturated rings. The van der Waals surface area contributed by atoms with Crippen LogP contribution in [0.15, 0.2) is 48.2 Å². The summed E-state index contributed by atoms with van der Waals surface area (Å²) in [6, 6.07) is 10.7. The topological polar surface area (TPSA) is 107 Å². The number of anilines is 2. The first-order valence-corrected chi connectivity index (χ1v) is 6.38. The largest absolute Gasteiger partial charge is 0.449 e. The number of amides is 1. The average Bonchev–Trinajstić information content (AvgIpc) is 2.49. The highest BCUT2D eigenvalue weighted by molar-refractivity contribution is 6.08. The molecule has 1 aliphatic heterocycles. The Morgan fingerprint density at radius 1 is 1.18 bits per heavy atom. The maximum atomic E-state index is 12.0. The van der Waals surface area contributed by atoms with Crippen LogP contribution in [0.1, 0.15) is 5.56 Å². The van der Waals surface area contributed by atoms with E-state index in [4.69, 9.17) is 10.5 Å². The second-order valence-corrected chi connectivity index (χ2v) is 4.67. The number of fused-ring (bicyclic) bond motifs is 1. The number of carbonyl (C=O) groups is 1. The number of rotatable bonds is 2. The van der Waals surface area contributed by atoms with Crippen LogP contribution >= 0.6 is 0 Å². The van der Waals surface area contributed by atoms with Crippen molar-refractivity contribution in [3.63, 3.8) is 0 Å². The van der Waals surface area contributed by atoms with E-state index >= 15 is 0 Å². The van der Waals surface area contributed by atoms with E-state index in [0.29, 0.717) is 22.7 Å². The van der Waals surface area contributed by atoms with Crippen molar-refractivity contribution < 1.29 is 14.5 Å². The highest BCUT2D eigenvalue weighted by Crippen LogP contribution is 2.33. The Bertz CT molecular complexity index is 797. The molecule has 0 bridgehead atoms. The molecule has 0 unspecified atom stereocenters. The Balaban J connectivity index is 1.90. The smallest absolute Gasteiger partial charge is 0.291 e. The normalized spacial score (nSPS) is 14.9. The van der Waals surface area contributed by atoms with Crippen LogP contribution in [-0.4, -0.2) is 10.8 Å². The minimum atomic E-state index is -0.485. The summed E-state index contributed by atoms with van der Waals surface area (Å²) in [7, 11) is 0. The summed E-state index contributed by atoms with van der Waals surface area (Å²) in [5.74, 6) is 0.185. The molecular weight excluding hydrogens is 286 g/mol. The first kappa shape index (κ1) is 13.6. The van der Waals surface area contributed by atoms with E-state index in [0.717, 1.165) is 0 Å². The first-order chi connectivity index (χ1) is 10.5. The number of nitro benzene ring substituents is 1. The fourth-order valence-corrected chi connectivity index (χ4v) is 2.02. The van der Waals surface area contributed by atoms with E-state index in [9.17, 15) is 14.9 Å². The number of nitrogens with zero attached hydrogens (tertiary/aromatic N) is 1. The molecule has 0 saturated carbocycles. The van der Waals surface area contributed by atoms with Crippen LogP contribution < -0.4 is 15.8 Å². The van der Waals surface area contributed by atoms with Crippen molar-refractivity contribution in [3.8, 4) is 5.75 Å². The number of ether oxygens (including phenoxy) is 1. The monoisotopic (exact) mass is 297 g/mol. The molecule has 0 aromatic heterocycles. The van der Waals surface area contributed by atoms with Gasteiger partial charge in [0.15, 0.2) is 11.5 Å². The zero-order valence-electron chi connectivity index (χ0n) is 11.3. The lowest BCUT2D eigenvalue weighted by Crippen LogP contribution is -2.23. The fourth-order valence-electron chi connectivity index (χ4n) is 2.02. The molecule has 0 saturated heterocycles. The number of carbonyl (C=O) groups excluding carboxylic acids is 1. The number of nitro groups is 1. The van der Waals surface area contributed by atoms with Gasteiger partial charge in [-0.25, -0.2) is 0 Å². The van der Waals surface area contributed by atoms with Crippen molar-refractivity contribution in [2.24, 2.45) is 0 Å². The van der Waals surface area contributed by atoms with Crippen molar-refractivity contribution in [3.05, 3.63) is 63.9 Å². The molecule has 3 N–H and O–H groups in total. The van der Waals surface area contributed by atoms with Crippen LogP contribution in [0.4, 0.5) is 17.1 Å². The molecule has 3 rings (SSSR count). The van der Waals surface area contributed by atoms with Gasteiger partial charge in [0.25, 0.3) is 11.6 Å². The van der Waals surface area contributed by atoms with E-state index in [1.165, 1.54) is 18.2 Å². The Kier molecular flexibility index (Phi) is 3.23. The molecule has 7 heteroatoms. The number of nitrogen functional groups attached to an aromatic ring is 1. The SMILES string of the molecule is Nc1ccc2c(c1)NC(=O)/C(=C\c1ccc([N+](=O)[O-])cc1)O2. The first-order valence-electron chi connectivity index (χ1n) is 6.38. The number of hydrogen-bond acceptors (Lipinski definition) is 5. The predicted octanol–water partition coefficient (Wildman–Crippen LogP) is 2.55. The third-order valence-electron chi connectivity index (χ3n) is 3.10. The van der Waals surface area contributed by atoms with Gasteiger partial charge in [-0.1, -0.05) is 0 Å². The van der Waals surface area contributed by atoms with Gasteiger partial charge in [-0.15, -0.1) is 0 Å². The van der Waals surface area contributed by atoms with Crippen LogP contribution in [0.2, 0.25) is 0 Å². The molecule has 7 nitrogen and oxygen atoms in total. The van der Waals surface area contributed by atoms with Gasteiger partial charge in [0.05, 0.1) is 10.6 Å². The Morgan fingerprint density at radius 3 is 2.59 bits per heavy atom. The highest BCUT2D eigenvalue weighted by Gasteiger charge is 2.22. The number of hydrogen-bond donors (Lipinski definition) is 2. The van der Waals surface area contributed by atoms with Crippen molar-refractivity contribution in [1.82, 2.24) is 0 Å². The van der Waals surface area contributed by atoms with E-state index in [-0.39, 0.29) is 11.4 Å². The Morgan fingerprint density at radius 2 is 1.91 bits per heavy atom. The highest BCUT2D eigenvalue weighted by atomic mass is 16.6. The van der Waals surface area contributed by atoms with Crippen LogP contribution in [0.25, 0.3) is 6.08 Å². The van der Waals surface area contributed by atoms with Crippen LogP contribution in [0.5, 0.6) is 5.75 Å². The second kappa shape index (κ2) is 5.21. The molecule has 2 aromatic carbocycles. The number of nitrogens with one attached hydrogen (secondary N) is 1. The predicted molar refractivity (Wildman–Crippen MR) is 81.2 cm³/mol. The quantitative estimate of drug-likeness (QED) is 0.383. The molecule has 1 heterocycles. The summed E-state index contributed by atoms with van der Waals surface area (Å²) in [6.45, 7) is 0. The molecule has 0 radical (unpaired) electrons. The van der Waals surface area contributed by atoms with E-state index in [1.54, 1.807) is 30.3 Å². The lowest BCUT2D eigenvalue weighted by Gasteiger charge is -2.20. The molecular formula is C15H11N3O4. The standard InChI is InChI=1S/C15H11N3O4/c16-10-3-6-13-12(8-10)17-15(19)14(22-13)7-9-1-4-11(5-2-9)18(20)21/h1-8H,16H2,(H,17,19)/b14-7+. The maximum Gasteiger partial charge on any atom is 0.291 e. The minimum absolute atomic E-state index is 0.0167. The molecule has 0 spiro atoms. The molecule has 1 amide bonds. The van der Waals surface area contributed by atoms with Crippen molar-refractivity contribution in [2.75, 3.05) is 11.1 Å². The zero-order valence-corrected chi connectivity index (χ0v) is 11.3. The summed E-state index contributed by atoms with van der Waals surface area (Å²) in [4.78, 5) is 22.1. The molecule has 2 aromatic rings. The Labute approximate surface area is 125 Å². The average molecular weight is 297 g/mol. The lowest BCUT2D eigenvalue weighted by molar-refractivity contribution is -0.384. The van der Waals surface area contributed by atoms with Gasteiger partial charge in [0.1, 0.15) is 0 Å². The molecule has 22 heavy (non-hydrogen) atoms. The van der Waals surface area contributed by atoms with E-state index in [2.05, 4.69) is 5.32 Å². The summed E-state index contributed by atoms with van der Waals surface area (Å²) >= 11 is 0. The van der Waals surface area contributed by atoms with E-state index < -0.39 is 10.8 Å².